The van der Waals surface area contributed by atoms with Crippen molar-refractivity contribution in [2.75, 3.05) is 5.73 Å². The van der Waals surface area contributed by atoms with Crippen LogP contribution in [0.1, 0.15) is 37.8 Å². The summed E-state index contributed by atoms with van der Waals surface area (Å²) in [7, 11) is 0. The molecule has 0 amide bonds. The highest BCUT2D eigenvalue weighted by atomic mass is 35.5. The van der Waals surface area contributed by atoms with Crippen LogP contribution in [0, 0.1) is 22.9 Å². The molecule has 138 valence electrons. The highest BCUT2D eigenvalue weighted by Gasteiger charge is 2.34. The lowest BCUT2D eigenvalue weighted by Crippen LogP contribution is -2.26. The number of hydrogen-bond donors (Lipinski definition) is 1. The second-order valence-electron chi connectivity index (χ2n) is 6.91. The molecule has 0 aliphatic heterocycles. The number of nitrogen functional groups attached to an aromatic ring is 1. The van der Waals surface area contributed by atoms with Crippen molar-refractivity contribution >= 4 is 23.2 Å². The summed E-state index contributed by atoms with van der Waals surface area (Å²) in [5.41, 5.74) is 5.82. The number of halogens is 4. The first-order valence-electron chi connectivity index (χ1n) is 7.90. The fraction of sp³-hybridized carbons (Fsp3) is 0.353. The molecule has 5 nitrogen and oxygen atoms in total. The lowest BCUT2D eigenvalue weighted by Gasteiger charge is -2.33. The molecule has 1 aromatic carbocycles. The Balaban J connectivity index is 2.03. The lowest BCUT2D eigenvalue weighted by atomic mass is 9.72. The molecule has 3 aromatic rings. The van der Waals surface area contributed by atoms with Crippen LogP contribution in [0.15, 0.2) is 18.5 Å². The zero-order chi connectivity index (χ0) is 19.2. The first-order chi connectivity index (χ1) is 12.1. The van der Waals surface area contributed by atoms with E-state index in [-0.39, 0.29) is 34.7 Å². The van der Waals surface area contributed by atoms with Gasteiger partial charge in [0.25, 0.3) is 5.78 Å². The molecule has 1 atom stereocenters. The quantitative estimate of drug-likeness (QED) is 0.687. The van der Waals surface area contributed by atoms with E-state index < -0.39 is 22.9 Å². The van der Waals surface area contributed by atoms with E-state index in [0.717, 1.165) is 0 Å². The Morgan fingerprint density at radius 2 is 1.85 bits per heavy atom. The maximum absolute atomic E-state index is 14.1. The van der Waals surface area contributed by atoms with Crippen LogP contribution in [-0.4, -0.2) is 19.6 Å². The van der Waals surface area contributed by atoms with Crippen molar-refractivity contribution in [2.45, 2.75) is 33.1 Å². The van der Waals surface area contributed by atoms with Crippen LogP contribution in [0.25, 0.3) is 5.78 Å². The number of hydrogen-bond acceptors (Lipinski definition) is 4. The second-order valence-corrected chi connectivity index (χ2v) is 7.27. The Bertz CT molecular complexity index is 963. The molecule has 0 saturated carbocycles. The predicted molar refractivity (Wildman–Crippen MR) is 92.4 cm³/mol. The maximum atomic E-state index is 14.1. The molecular formula is C17H17ClF3N5. The number of nitrogens with two attached hydrogens (primary N) is 1. The number of nitrogens with zero attached hydrogens (tertiary/aromatic N) is 4. The molecule has 2 heterocycles. The van der Waals surface area contributed by atoms with Gasteiger partial charge in [0, 0.05) is 23.3 Å². The average Bonchev–Trinajstić information content (AvgIpc) is 2.99. The molecule has 26 heavy (non-hydrogen) atoms. The van der Waals surface area contributed by atoms with E-state index in [2.05, 4.69) is 15.1 Å². The van der Waals surface area contributed by atoms with Crippen molar-refractivity contribution in [3.8, 4) is 0 Å². The van der Waals surface area contributed by atoms with E-state index in [1.165, 1.54) is 10.8 Å². The summed E-state index contributed by atoms with van der Waals surface area (Å²) in [4.78, 5) is 8.11. The van der Waals surface area contributed by atoms with Crippen LogP contribution in [0.5, 0.6) is 0 Å². The molecule has 3 rings (SSSR count). The van der Waals surface area contributed by atoms with Crippen LogP contribution in [0.3, 0.4) is 0 Å². The third-order valence-corrected chi connectivity index (χ3v) is 5.09. The largest absolute Gasteiger partial charge is 0.383 e. The van der Waals surface area contributed by atoms with E-state index in [4.69, 9.17) is 17.3 Å². The highest BCUT2D eigenvalue weighted by Crippen LogP contribution is 2.43. The molecule has 0 aliphatic carbocycles. The third kappa shape index (κ3) is 3.09. The smallest absolute Gasteiger partial charge is 0.255 e. The molecule has 0 aliphatic rings. The van der Waals surface area contributed by atoms with Crippen molar-refractivity contribution in [2.24, 2.45) is 5.41 Å². The number of benzene rings is 1. The van der Waals surface area contributed by atoms with Gasteiger partial charge in [-0.15, -0.1) is 0 Å². The van der Waals surface area contributed by atoms with Crippen molar-refractivity contribution in [1.29, 1.82) is 0 Å². The van der Waals surface area contributed by atoms with Gasteiger partial charge in [0.1, 0.15) is 34.7 Å². The Morgan fingerprint density at radius 3 is 2.46 bits per heavy atom. The standard InChI is InChI=1S/C17H17ClF3N5/c1-8(13-14(18)25-16-23-7-24-26(16)15(13)22)17(2,3)6-10-11(20)4-9(19)5-12(10)21/h4-5,7-8H,6,22H2,1-3H3. The first kappa shape index (κ1) is 18.4. The van der Waals surface area contributed by atoms with Gasteiger partial charge in [0.15, 0.2) is 0 Å². The van der Waals surface area contributed by atoms with Gasteiger partial charge < -0.3 is 5.73 Å². The normalized spacial score (nSPS) is 13.3. The molecule has 0 fully saturated rings. The van der Waals surface area contributed by atoms with Gasteiger partial charge in [-0.05, 0) is 17.8 Å². The highest BCUT2D eigenvalue weighted by molar-refractivity contribution is 6.30. The van der Waals surface area contributed by atoms with E-state index >= 15 is 0 Å². The minimum absolute atomic E-state index is 0.0112. The SMILES string of the molecule is CC(c1c(Cl)nc2ncnn2c1N)C(C)(C)Cc1c(F)cc(F)cc1F. The molecule has 0 radical (unpaired) electrons. The molecule has 1 unspecified atom stereocenters. The number of aromatic nitrogens is 4. The number of rotatable bonds is 4. The van der Waals surface area contributed by atoms with Crippen LogP contribution in [0.4, 0.5) is 19.0 Å². The van der Waals surface area contributed by atoms with Crippen LogP contribution in [0.2, 0.25) is 5.15 Å². The van der Waals surface area contributed by atoms with Crippen LogP contribution >= 0.6 is 11.6 Å². The van der Waals surface area contributed by atoms with Crippen molar-refractivity contribution in [3.63, 3.8) is 0 Å². The molecule has 0 bridgehead atoms. The molecule has 2 aromatic heterocycles. The Hall–Kier alpha value is -2.35. The monoisotopic (exact) mass is 383 g/mol. The van der Waals surface area contributed by atoms with Gasteiger partial charge in [-0.2, -0.15) is 19.6 Å². The Labute approximate surface area is 153 Å². The topological polar surface area (TPSA) is 69.1 Å². The summed E-state index contributed by atoms with van der Waals surface area (Å²) < 4.78 is 42.6. The lowest BCUT2D eigenvalue weighted by molar-refractivity contribution is 0.289. The zero-order valence-corrected chi connectivity index (χ0v) is 15.2. The van der Waals surface area contributed by atoms with Crippen LogP contribution < -0.4 is 5.73 Å². The fourth-order valence-corrected chi connectivity index (χ4v) is 3.33. The second kappa shape index (κ2) is 6.42. The van der Waals surface area contributed by atoms with Gasteiger partial charge >= 0.3 is 0 Å². The van der Waals surface area contributed by atoms with Crippen molar-refractivity contribution < 1.29 is 13.2 Å². The summed E-state index contributed by atoms with van der Waals surface area (Å²) >= 11 is 6.28. The minimum Gasteiger partial charge on any atom is -0.383 e. The van der Waals surface area contributed by atoms with E-state index in [0.29, 0.717) is 17.7 Å². The Kier molecular flexibility index (Phi) is 4.56. The summed E-state index contributed by atoms with van der Waals surface area (Å²) in [6.07, 6.45) is 1.31. The predicted octanol–water partition coefficient (Wildman–Crippen LogP) is 4.15. The van der Waals surface area contributed by atoms with Gasteiger partial charge in [-0.1, -0.05) is 32.4 Å². The molecular weight excluding hydrogens is 367 g/mol. The number of fused-ring (bicyclic) bond motifs is 1. The van der Waals surface area contributed by atoms with E-state index in [9.17, 15) is 13.2 Å². The van der Waals surface area contributed by atoms with E-state index in [1.807, 2.05) is 20.8 Å². The first-order valence-corrected chi connectivity index (χ1v) is 8.27. The fourth-order valence-electron chi connectivity index (χ4n) is 2.99. The van der Waals surface area contributed by atoms with Crippen LogP contribution in [-0.2, 0) is 6.42 Å². The van der Waals surface area contributed by atoms with Gasteiger partial charge in [0.2, 0.25) is 0 Å². The number of anilines is 1. The van der Waals surface area contributed by atoms with Crippen molar-refractivity contribution in [3.05, 3.63) is 52.2 Å². The van der Waals surface area contributed by atoms with Crippen molar-refractivity contribution in [1.82, 2.24) is 19.6 Å². The summed E-state index contributed by atoms with van der Waals surface area (Å²) in [5.74, 6) is -2.61. The maximum Gasteiger partial charge on any atom is 0.255 e. The molecule has 0 spiro atoms. The molecule has 0 saturated heterocycles. The summed E-state index contributed by atoms with van der Waals surface area (Å²) in [6.45, 7) is 5.48. The summed E-state index contributed by atoms with van der Waals surface area (Å²) in [6, 6.07) is 1.34. The minimum atomic E-state index is -0.956. The Morgan fingerprint density at radius 1 is 1.23 bits per heavy atom. The molecule has 2 N–H and O–H groups in total. The molecule has 9 heteroatoms. The zero-order valence-electron chi connectivity index (χ0n) is 14.4. The van der Waals surface area contributed by atoms with E-state index in [1.54, 1.807) is 0 Å². The van der Waals surface area contributed by atoms with Gasteiger partial charge in [-0.3, -0.25) is 0 Å². The third-order valence-electron chi connectivity index (χ3n) is 4.80. The average molecular weight is 384 g/mol. The van der Waals surface area contributed by atoms with Gasteiger partial charge in [-0.25, -0.2) is 13.2 Å². The van der Waals surface area contributed by atoms with Gasteiger partial charge in [0.05, 0.1) is 0 Å². The summed E-state index contributed by atoms with van der Waals surface area (Å²) in [5, 5.41) is 4.16.